The lowest BCUT2D eigenvalue weighted by Gasteiger charge is -2.26. The molecule has 2 atom stereocenters. The summed E-state index contributed by atoms with van der Waals surface area (Å²) in [5.41, 5.74) is 11.7. The number of aryl methyl sites for hydroxylation is 6. The summed E-state index contributed by atoms with van der Waals surface area (Å²) >= 11 is 3.66. The maximum atomic E-state index is 12.0. The van der Waals surface area contributed by atoms with Crippen molar-refractivity contribution in [3.05, 3.63) is 177 Å². The standard InChI is InChI=1S/2C26H27NO2S/c2*1-18-6-10-22(11-7-18)30-23-12-13-24-19(4-3-5-20(24)16-23)8-9-21-17-27-15-14-25(21)26(28)29-2/h2*6-7,10-17,19H,3-5,8-9H2,1-2H3/t2*19-/m11/s1. The van der Waals surface area contributed by atoms with Crippen LogP contribution in [0.15, 0.2) is 141 Å². The van der Waals surface area contributed by atoms with Gasteiger partial charge in [0.2, 0.25) is 0 Å². The summed E-state index contributed by atoms with van der Waals surface area (Å²) in [6, 6.07) is 34.8. The second-order valence-electron chi connectivity index (χ2n) is 15.9. The fourth-order valence-corrected chi connectivity index (χ4v) is 10.3. The number of nitrogens with zero attached hydrogens (tertiary/aromatic N) is 2. The van der Waals surface area contributed by atoms with E-state index in [9.17, 15) is 9.59 Å². The highest BCUT2D eigenvalue weighted by atomic mass is 32.2. The molecule has 2 aliphatic rings. The molecule has 8 heteroatoms. The lowest BCUT2D eigenvalue weighted by Crippen LogP contribution is -2.12. The van der Waals surface area contributed by atoms with Gasteiger partial charge in [-0.05, 0) is 184 Å². The van der Waals surface area contributed by atoms with Crippen molar-refractivity contribution in [1.29, 1.82) is 0 Å². The normalized spacial score (nSPS) is 15.5. The van der Waals surface area contributed by atoms with Crippen LogP contribution in [0.5, 0.6) is 0 Å². The number of aromatic nitrogens is 2. The summed E-state index contributed by atoms with van der Waals surface area (Å²) in [5.74, 6) is 0.485. The minimum Gasteiger partial charge on any atom is -0.465 e. The van der Waals surface area contributed by atoms with Gasteiger partial charge < -0.3 is 9.47 Å². The van der Waals surface area contributed by atoms with Crippen LogP contribution in [-0.4, -0.2) is 36.1 Å². The molecule has 0 saturated heterocycles. The molecule has 0 saturated carbocycles. The van der Waals surface area contributed by atoms with E-state index < -0.39 is 0 Å². The molecular formula is C52H54N2O4S2. The van der Waals surface area contributed by atoms with Crippen molar-refractivity contribution < 1.29 is 19.1 Å². The maximum Gasteiger partial charge on any atom is 0.338 e. The zero-order valence-electron chi connectivity index (χ0n) is 35.1. The minimum atomic E-state index is -0.283. The average Bonchev–Trinajstić information content (AvgIpc) is 3.28. The first-order valence-corrected chi connectivity index (χ1v) is 22.7. The topological polar surface area (TPSA) is 78.4 Å². The molecule has 0 unspecified atom stereocenters. The number of carbonyl (C=O) groups excluding carboxylic acids is 2. The maximum absolute atomic E-state index is 12.0. The molecule has 8 rings (SSSR count). The van der Waals surface area contributed by atoms with Crippen LogP contribution in [0.2, 0.25) is 0 Å². The van der Waals surface area contributed by atoms with Crippen LogP contribution in [0.1, 0.15) is 116 Å². The van der Waals surface area contributed by atoms with Gasteiger partial charge in [0.1, 0.15) is 0 Å². The van der Waals surface area contributed by atoms with Crippen molar-refractivity contribution in [2.24, 2.45) is 0 Å². The predicted octanol–water partition coefficient (Wildman–Crippen LogP) is 12.8. The van der Waals surface area contributed by atoms with Gasteiger partial charge in [0.25, 0.3) is 0 Å². The first-order chi connectivity index (χ1) is 29.3. The molecule has 6 aromatic rings. The first kappa shape index (κ1) is 42.9. The molecule has 2 heterocycles. The van der Waals surface area contributed by atoms with Crippen molar-refractivity contribution in [3.63, 3.8) is 0 Å². The smallest absolute Gasteiger partial charge is 0.338 e. The number of esters is 2. The van der Waals surface area contributed by atoms with Gasteiger partial charge in [-0.1, -0.05) is 71.0 Å². The van der Waals surface area contributed by atoms with E-state index in [-0.39, 0.29) is 11.9 Å². The Hall–Kier alpha value is -5.18. The van der Waals surface area contributed by atoms with Crippen LogP contribution in [0, 0.1) is 13.8 Å². The third-order valence-corrected chi connectivity index (χ3v) is 13.8. The number of hydrogen-bond acceptors (Lipinski definition) is 8. The molecule has 0 radical (unpaired) electrons. The summed E-state index contributed by atoms with van der Waals surface area (Å²) in [5, 5.41) is 0. The Morgan fingerprint density at radius 1 is 0.567 bits per heavy atom. The van der Waals surface area contributed by atoms with E-state index in [1.165, 1.54) is 92.9 Å². The highest BCUT2D eigenvalue weighted by Gasteiger charge is 2.23. The minimum absolute atomic E-state index is 0.283. The van der Waals surface area contributed by atoms with Gasteiger partial charge in [0.05, 0.1) is 25.3 Å². The quantitative estimate of drug-likeness (QED) is 0.113. The number of pyridine rings is 2. The SMILES string of the molecule is COC(=O)c1ccncc1CC[C@H]1CCCc2cc(Sc3ccc(C)cc3)ccc21.COC(=O)c1ccncc1CC[C@H]1CCCc2cc(Sc3ccc(C)cc3)ccc21. The Balaban J connectivity index is 0.000000181. The van der Waals surface area contributed by atoms with Crippen molar-refractivity contribution in [2.45, 2.75) is 109 Å². The van der Waals surface area contributed by atoms with Crippen LogP contribution in [0.4, 0.5) is 0 Å². The Morgan fingerprint density at radius 2 is 0.967 bits per heavy atom. The van der Waals surface area contributed by atoms with Crippen molar-refractivity contribution in [3.8, 4) is 0 Å². The molecule has 4 aromatic carbocycles. The second-order valence-corrected chi connectivity index (χ2v) is 18.1. The Labute approximate surface area is 364 Å². The first-order valence-electron chi connectivity index (χ1n) is 21.0. The Kier molecular flexibility index (Phi) is 14.9. The van der Waals surface area contributed by atoms with Gasteiger partial charge in [-0.3, -0.25) is 9.97 Å². The number of rotatable bonds is 12. The van der Waals surface area contributed by atoms with Crippen molar-refractivity contribution >= 4 is 35.5 Å². The Bertz CT molecular complexity index is 2230. The zero-order valence-corrected chi connectivity index (χ0v) is 36.7. The van der Waals surface area contributed by atoms with Gasteiger partial charge in [-0.15, -0.1) is 0 Å². The predicted molar refractivity (Wildman–Crippen MR) is 243 cm³/mol. The van der Waals surface area contributed by atoms with Crippen LogP contribution in [0.25, 0.3) is 0 Å². The van der Waals surface area contributed by atoms with Crippen molar-refractivity contribution in [2.75, 3.05) is 14.2 Å². The lowest BCUT2D eigenvalue weighted by atomic mass is 9.80. The molecule has 60 heavy (non-hydrogen) atoms. The van der Waals surface area contributed by atoms with E-state index in [0.29, 0.717) is 23.0 Å². The number of fused-ring (bicyclic) bond motifs is 2. The van der Waals surface area contributed by atoms with E-state index in [4.69, 9.17) is 9.47 Å². The highest BCUT2D eigenvalue weighted by molar-refractivity contribution is 7.99. The van der Waals surface area contributed by atoms with Crippen LogP contribution in [-0.2, 0) is 35.2 Å². The van der Waals surface area contributed by atoms with E-state index in [0.717, 1.165) is 49.7 Å². The van der Waals surface area contributed by atoms with Crippen LogP contribution in [0.3, 0.4) is 0 Å². The summed E-state index contributed by atoms with van der Waals surface area (Å²) < 4.78 is 9.85. The van der Waals surface area contributed by atoms with E-state index >= 15 is 0 Å². The molecular weight excluding hydrogens is 781 g/mol. The fourth-order valence-electron chi connectivity index (χ4n) is 8.52. The van der Waals surface area contributed by atoms with E-state index in [2.05, 4.69) is 109 Å². The molecule has 2 aromatic heterocycles. The number of ether oxygens (including phenoxy) is 2. The summed E-state index contributed by atoms with van der Waals surface area (Å²) in [6.07, 6.45) is 17.7. The molecule has 0 bridgehead atoms. The summed E-state index contributed by atoms with van der Waals surface area (Å²) in [6.45, 7) is 4.24. The average molecular weight is 835 g/mol. The largest absolute Gasteiger partial charge is 0.465 e. The van der Waals surface area contributed by atoms with Gasteiger partial charge in [0.15, 0.2) is 0 Å². The van der Waals surface area contributed by atoms with Crippen molar-refractivity contribution in [1.82, 2.24) is 9.97 Å². The van der Waals surface area contributed by atoms with Gasteiger partial charge in [0, 0.05) is 44.4 Å². The third kappa shape index (κ3) is 11.1. The molecule has 308 valence electrons. The van der Waals surface area contributed by atoms with Crippen LogP contribution < -0.4 is 0 Å². The molecule has 2 aliphatic carbocycles. The molecule has 0 aliphatic heterocycles. The van der Waals surface area contributed by atoms with Gasteiger partial charge in [-0.2, -0.15) is 0 Å². The fraction of sp³-hybridized carbons (Fsp3) is 0.308. The van der Waals surface area contributed by atoms with E-state index in [1.54, 1.807) is 36.9 Å². The molecule has 0 amide bonds. The lowest BCUT2D eigenvalue weighted by molar-refractivity contribution is 0.0590. The second kappa shape index (κ2) is 20.9. The molecule has 0 fully saturated rings. The summed E-state index contributed by atoms with van der Waals surface area (Å²) in [7, 11) is 2.85. The number of hydrogen-bond donors (Lipinski definition) is 0. The molecule has 0 spiro atoms. The highest BCUT2D eigenvalue weighted by Crippen LogP contribution is 2.40. The third-order valence-electron chi connectivity index (χ3n) is 11.8. The van der Waals surface area contributed by atoms with Crippen LogP contribution >= 0.6 is 23.5 Å². The zero-order chi connectivity index (χ0) is 41.8. The Morgan fingerprint density at radius 3 is 1.37 bits per heavy atom. The van der Waals surface area contributed by atoms with E-state index in [1.807, 2.05) is 23.5 Å². The summed E-state index contributed by atoms with van der Waals surface area (Å²) in [4.78, 5) is 37.7. The monoisotopic (exact) mass is 834 g/mol. The molecule has 6 nitrogen and oxygen atoms in total. The number of carbonyl (C=O) groups is 2. The molecule has 0 N–H and O–H groups in total. The van der Waals surface area contributed by atoms with Gasteiger partial charge >= 0.3 is 11.9 Å². The number of methoxy groups -OCH3 is 2. The number of benzene rings is 4. The van der Waals surface area contributed by atoms with Gasteiger partial charge in [-0.25, -0.2) is 9.59 Å².